The number of carbonyl (C=O) groups is 1. The van der Waals surface area contributed by atoms with Gasteiger partial charge in [-0.2, -0.15) is 0 Å². The zero-order valence-corrected chi connectivity index (χ0v) is 10.8. The lowest BCUT2D eigenvalue weighted by atomic mass is 9.93. The first-order valence-electron chi connectivity index (χ1n) is 5.79. The van der Waals surface area contributed by atoms with Crippen molar-refractivity contribution in [1.29, 1.82) is 0 Å². The minimum atomic E-state index is -0.619. The molecule has 1 aliphatic rings. The Morgan fingerprint density at radius 3 is 2.35 bits per heavy atom. The topological polar surface area (TPSA) is 40.5 Å². The highest BCUT2D eigenvalue weighted by Crippen LogP contribution is 2.22. The van der Waals surface area contributed by atoms with Crippen LogP contribution in [0.3, 0.4) is 0 Å². The number of thiol groups is 1. The average molecular weight is 251 g/mol. The summed E-state index contributed by atoms with van der Waals surface area (Å²) in [7, 11) is 0. The molecule has 1 aromatic carbocycles. The summed E-state index contributed by atoms with van der Waals surface area (Å²) >= 11 is 4.19. The number of nitrogens with zero attached hydrogens (tertiary/aromatic N) is 1. The van der Waals surface area contributed by atoms with Gasteiger partial charge in [-0.25, -0.2) is 0 Å². The van der Waals surface area contributed by atoms with Crippen LogP contribution in [0.1, 0.15) is 30.1 Å². The summed E-state index contributed by atoms with van der Waals surface area (Å²) in [4.78, 5) is 14.8. The van der Waals surface area contributed by atoms with Crippen LogP contribution in [0.4, 0.5) is 0 Å². The second-order valence-electron chi connectivity index (χ2n) is 4.84. The first kappa shape index (κ1) is 12.5. The first-order valence-corrected chi connectivity index (χ1v) is 6.23. The molecular formula is C13H17NO2S. The number of rotatable bonds is 1. The van der Waals surface area contributed by atoms with Gasteiger partial charge in [-0.1, -0.05) is 0 Å². The van der Waals surface area contributed by atoms with Crippen LogP contribution in [0.15, 0.2) is 29.2 Å². The van der Waals surface area contributed by atoms with Crippen LogP contribution in [-0.2, 0) is 0 Å². The van der Waals surface area contributed by atoms with E-state index in [1.165, 1.54) is 0 Å². The zero-order valence-electron chi connectivity index (χ0n) is 9.89. The normalized spacial score (nSPS) is 19.1. The quantitative estimate of drug-likeness (QED) is 0.749. The van der Waals surface area contributed by atoms with Crippen LogP contribution in [0.25, 0.3) is 0 Å². The third-order valence-electron chi connectivity index (χ3n) is 3.24. The number of hydrogen-bond donors (Lipinski definition) is 2. The van der Waals surface area contributed by atoms with E-state index in [4.69, 9.17) is 0 Å². The zero-order chi connectivity index (χ0) is 12.5. The lowest BCUT2D eigenvalue weighted by Crippen LogP contribution is -2.45. The summed E-state index contributed by atoms with van der Waals surface area (Å²) in [5, 5.41) is 9.83. The standard InChI is InChI=1S/C13H17NO2S/c1-13(16)6-8-14(9-7-13)12(15)10-2-4-11(17)5-3-10/h2-5,16-17H,6-9H2,1H3. The molecule has 1 saturated heterocycles. The Bertz CT molecular complexity index is 404. The van der Waals surface area contributed by atoms with E-state index in [1.54, 1.807) is 17.0 Å². The molecular weight excluding hydrogens is 234 g/mol. The fourth-order valence-corrected chi connectivity index (χ4v) is 2.13. The molecule has 92 valence electrons. The van der Waals surface area contributed by atoms with E-state index in [1.807, 2.05) is 19.1 Å². The predicted molar refractivity (Wildman–Crippen MR) is 69.5 cm³/mol. The molecule has 1 N–H and O–H groups in total. The van der Waals surface area contributed by atoms with E-state index in [2.05, 4.69) is 12.6 Å². The molecule has 1 aliphatic heterocycles. The van der Waals surface area contributed by atoms with Gasteiger partial charge in [0.05, 0.1) is 5.60 Å². The van der Waals surface area contributed by atoms with Gasteiger partial charge in [0.25, 0.3) is 5.91 Å². The van der Waals surface area contributed by atoms with Crippen LogP contribution in [0, 0.1) is 0 Å². The van der Waals surface area contributed by atoms with Crippen molar-refractivity contribution >= 4 is 18.5 Å². The summed E-state index contributed by atoms with van der Waals surface area (Å²) < 4.78 is 0. The molecule has 0 atom stereocenters. The molecule has 0 aromatic heterocycles. The SMILES string of the molecule is CC1(O)CCN(C(=O)c2ccc(S)cc2)CC1. The summed E-state index contributed by atoms with van der Waals surface area (Å²) in [5.74, 6) is 0.0360. The van der Waals surface area contributed by atoms with Crippen molar-refractivity contribution in [3.05, 3.63) is 29.8 Å². The van der Waals surface area contributed by atoms with Crippen molar-refractivity contribution in [2.45, 2.75) is 30.3 Å². The number of carbonyl (C=O) groups excluding carboxylic acids is 1. The number of likely N-dealkylation sites (tertiary alicyclic amines) is 1. The summed E-state index contributed by atoms with van der Waals surface area (Å²) in [6.45, 7) is 3.06. The fourth-order valence-electron chi connectivity index (χ4n) is 1.98. The maximum absolute atomic E-state index is 12.1. The third kappa shape index (κ3) is 3.01. The fraction of sp³-hybridized carbons (Fsp3) is 0.462. The lowest BCUT2D eigenvalue weighted by molar-refractivity contribution is -0.00202. The number of hydrogen-bond acceptors (Lipinski definition) is 3. The molecule has 0 saturated carbocycles. The number of benzene rings is 1. The van der Waals surface area contributed by atoms with Gasteiger partial charge < -0.3 is 10.0 Å². The Morgan fingerprint density at radius 2 is 1.82 bits per heavy atom. The van der Waals surface area contributed by atoms with Gasteiger partial charge in [0, 0.05) is 23.5 Å². The van der Waals surface area contributed by atoms with Crippen molar-refractivity contribution in [3.63, 3.8) is 0 Å². The average Bonchev–Trinajstić information content (AvgIpc) is 2.29. The molecule has 17 heavy (non-hydrogen) atoms. The predicted octanol–water partition coefficient (Wildman–Crippen LogP) is 1.96. The van der Waals surface area contributed by atoms with Crippen molar-refractivity contribution in [3.8, 4) is 0 Å². The Hall–Kier alpha value is -1.00. The van der Waals surface area contributed by atoms with Crippen molar-refractivity contribution in [2.24, 2.45) is 0 Å². The highest BCUT2D eigenvalue weighted by atomic mass is 32.1. The molecule has 0 unspecified atom stereocenters. The molecule has 1 amide bonds. The van der Waals surface area contributed by atoms with Gasteiger partial charge in [-0.3, -0.25) is 4.79 Å². The Morgan fingerprint density at radius 1 is 1.29 bits per heavy atom. The van der Waals surface area contributed by atoms with E-state index in [9.17, 15) is 9.90 Å². The Labute approximate surface area is 107 Å². The highest BCUT2D eigenvalue weighted by Gasteiger charge is 2.29. The molecule has 2 rings (SSSR count). The molecule has 1 aromatic rings. The van der Waals surface area contributed by atoms with Gasteiger partial charge in [-0.05, 0) is 44.0 Å². The summed E-state index contributed by atoms with van der Waals surface area (Å²) in [6.07, 6.45) is 1.28. The molecule has 0 radical (unpaired) electrons. The van der Waals surface area contributed by atoms with Gasteiger partial charge in [0.15, 0.2) is 0 Å². The molecule has 0 spiro atoms. The van der Waals surface area contributed by atoms with E-state index in [0.717, 1.165) is 4.90 Å². The Balaban J connectivity index is 2.04. The van der Waals surface area contributed by atoms with Crippen molar-refractivity contribution in [2.75, 3.05) is 13.1 Å². The number of amides is 1. The Kier molecular flexibility index (Phi) is 3.45. The van der Waals surface area contributed by atoms with Crippen LogP contribution in [-0.4, -0.2) is 34.6 Å². The molecule has 1 fully saturated rings. The largest absolute Gasteiger partial charge is 0.390 e. The minimum Gasteiger partial charge on any atom is -0.390 e. The second kappa shape index (κ2) is 4.70. The van der Waals surface area contributed by atoms with Crippen LogP contribution in [0.5, 0.6) is 0 Å². The monoisotopic (exact) mass is 251 g/mol. The van der Waals surface area contributed by atoms with Crippen LogP contribution < -0.4 is 0 Å². The van der Waals surface area contributed by atoms with E-state index < -0.39 is 5.60 Å². The lowest BCUT2D eigenvalue weighted by Gasteiger charge is -2.35. The maximum atomic E-state index is 12.1. The minimum absolute atomic E-state index is 0.0360. The first-order chi connectivity index (χ1) is 7.98. The molecule has 1 heterocycles. The number of aliphatic hydroxyl groups is 1. The van der Waals surface area contributed by atoms with Crippen molar-refractivity contribution in [1.82, 2.24) is 4.90 Å². The van der Waals surface area contributed by atoms with Crippen LogP contribution in [0.2, 0.25) is 0 Å². The van der Waals surface area contributed by atoms with Crippen LogP contribution >= 0.6 is 12.6 Å². The van der Waals surface area contributed by atoms with Gasteiger partial charge in [0.2, 0.25) is 0 Å². The molecule has 3 nitrogen and oxygen atoms in total. The maximum Gasteiger partial charge on any atom is 0.253 e. The van der Waals surface area contributed by atoms with Crippen molar-refractivity contribution < 1.29 is 9.90 Å². The smallest absolute Gasteiger partial charge is 0.253 e. The highest BCUT2D eigenvalue weighted by molar-refractivity contribution is 7.80. The number of piperidine rings is 1. The third-order valence-corrected chi connectivity index (χ3v) is 3.54. The molecule has 0 aliphatic carbocycles. The van der Waals surface area contributed by atoms with Gasteiger partial charge in [0.1, 0.15) is 0 Å². The van der Waals surface area contributed by atoms with E-state index in [0.29, 0.717) is 31.5 Å². The van der Waals surface area contributed by atoms with E-state index >= 15 is 0 Å². The van der Waals surface area contributed by atoms with Gasteiger partial charge in [-0.15, -0.1) is 12.6 Å². The molecule has 4 heteroatoms. The molecule has 0 bridgehead atoms. The summed E-state index contributed by atoms with van der Waals surface area (Å²) in [5.41, 5.74) is 0.0653. The summed E-state index contributed by atoms with van der Waals surface area (Å²) in [6, 6.07) is 7.21. The van der Waals surface area contributed by atoms with Gasteiger partial charge >= 0.3 is 0 Å². The van der Waals surface area contributed by atoms with E-state index in [-0.39, 0.29) is 5.91 Å². The second-order valence-corrected chi connectivity index (χ2v) is 5.35.